The lowest BCUT2D eigenvalue weighted by Crippen LogP contribution is -2.20. The second-order valence-electron chi connectivity index (χ2n) is 4.99. The number of anilines is 1. The summed E-state index contributed by atoms with van der Waals surface area (Å²) in [7, 11) is 0. The van der Waals surface area contributed by atoms with Crippen molar-refractivity contribution in [3.63, 3.8) is 0 Å². The molecule has 0 aromatic heterocycles. The molecule has 2 aromatic rings. The lowest BCUT2D eigenvalue weighted by molar-refractivity contribution is -0.124. The van der Waals surface area contributed by atoms with Crippen molar-refractivity contribution in [2.45, 2.75) is 12.8 Å². The van der Waals surface area contributed by atoms with Gasteiger partial charge in [-0.2, -0.15) is 5.10 Å². The molecule has 0 saturated carbocycles. The van der Waals surface area contributed by atoms with Crippen molar-refractivity contribution in [3.05, 3.63) is 61.6 Å². The predicted octanol–water partition coefficient (Wildman–Crippen LogP) is 4.47. The van der Waals surface area contributed by atoms with Gasteiger partial charge < -0.3 is 5.32 Å². The van der Waals surface area contributed by atoms with Crippen LogP contribution in [0.3, 0.4) is 0 Å². The minimum atomic E-state index is -0.352. The van der Waals surface area contributed by atoms with Crippen molar-refractivity contribution >= 4 is 69.5 Å². The van der Waals surface area contributed by atoms with Gasteiger partial charge in [0.05, 0.1) is 16.9 Å². The Morgan fingerprint density at radius 1 is 1.08 bits per heavy atom. The van der Waals surface area contributed by atoms with Gasteiger partial charge in [0.25, 0.3) is 0 Å². The highest BCUT2D eigenvalue weighted by Crippen LogP contribution is 2.25. The molecular weight excluding hydrogens is 476 g/mol. The van der Waals surface area contributed by atoms with Crippen LogP contribution in [0.2, 0.25) is 10.0 Å². The van der Waals surface area contributed by atoms with Crippen LogP contribution in [0.5, 0.6) is 0 Å². The molecule has 2 rings (SSSR count). The summed E-state index contributed by atoms with van der Waals surface area (Å²) in [6.07, 6.45) is 1.58. The maximum atomic E-state index is 11.9. The highest BCUT2D eigenvalue weighted by atomic mass is 127. The first-order valence-corrected chi connectivity index (χ1v) is 9.10. The number of carbonyl (C=O) groups excluding carboxylic acids is 2. The summed E-state index contributed by atoms with van der Waals surface area (Å²) in [5, 5.41) is 7.35. The van der Waals surface area contributed by atoms with E-state index < -0.39 is 0 Å². The fraction of sp³-hybridized carbons (Fsp3) is 0.118. The van der Waals surface area contributed by atoms with E-state index in [4.69, 9.17) is 23.2 Å². The van der Waals surface area contributed by atoms with E-state index in [1.807, 2.05) is 24.3 Å². The molecule has 0 aliphatic carbocycles. The lowest BCUT2D eigenvalue weighted by atomic mass is 10.2. The van der Waals surface area contributed by atoms with E-state index >= 15 is 0 Å². The molecule has 0 aliphatic heterocycles. The van der Waals surface area contributed by atoms with E-state index in [0.29, 0.717) is 15.7 Å². The summed E-state index contributed by atoms with van der Waals surface area (Å²) in [5.74, 6) is -0.685. The van der Waals surface area contributed by atoms with Gasteiger partial charge in [0, 0.05) is 27.0 Å². The number of amides is 2. The molecule has 0 unspecified atom stereocenters. The Hall–Kier alpha value is -1.64. The zero-order valence-corrected chi connectivity index (χ0v) is 16.6. The Kier molecular flexibility index (Phi) is 7.67. The molecule has 0 bridgehead atoms. The van der Waals surface area contributed by atoms with Crippen molar-refractivity contribution in [2.24, 2.45) is 5.10 Å². The van der Waals surface area contributed by atoms with Crippen LogP contribution in [0.15, 0.2) is 47.6 Å². The molecule has 25 heavy (non-hydrogen) atoms. The summed E-state index contributed by atoms with van der Waals surface area (Å²) in [4.78, 5) is 23.6. The number of hydrogen-bond donors (Lipinski definition) is 2. The number of halogens is 3. The molecule has 0 spiro atoms. The van der Waals surface area contributed by atoms with Gasteiger partial charge in [-0.05, 0) is 46.9 Å². The average Bonchev–Trinajstić information content (AvgIpc) is 2.58. The van der Waals surface area contributed by atoms with Crippen molar-refractivity contribution in [1.82, 2.24) is 5.43 Å². The van der Waals surface area contributed by atoms with Crippen molar-refractivity contribution in [2.75, 3.05) is 5.32 Å². The summed E-state index contributed by atoms with van der Waals surface area (Å²) in [5.41, 5.74) is 3.71. The van der Waals surface area contributed by atoms with Gasteiger partial charge in [0.2, 0.25) is 11.8 Å². The monoisotopic (exact) mass is 489 g/mol. The molecule has 5 nitrogen and oxygen atoms in total. The Morgan fingerprint density at radius 2 is 1.80 bits per heavy atom. The number of nitrogens with zero attached hydrogens (tertiary/aromatic N) is 1. The van der Waals surface area contributed by atoms with E-state index in [2.05, 4.69) is 38.4 Å². The molecule has 0 radical (unpaired) electrons. The number of benzene rings is 2. The minimum absolute atomic E-state index is 0.00701. The molecule has 2 N–H and O–H groups in total. The van der Waals surface area contributed by atoms with Gasteiger partial charge >= 0.3 is 0 Å². The van der Waals surface area contributed by atoms with E-state index in [1.54, 1.807) is 24.4 Å². The fourth-order valence-electron chi connectivity index (χ4n) is 1.84. The van der Waals surface area contributed by atoms with E-state index in [1.165, 1.54) is 0 Å². The molecule has 0 fully saturated rings. The topological polar surface area (TPSA) is 70.6 Å². The third-order valence-electron chi connectivity index (χ3n) is 3.08. The van der Waals surface area contributed by atoms with E-state index in [0.717, 1.165) is 9.13 Å². The third-order valence-corrected chi connectivity index (χ3v) is 4.63. The van der Waals surface area contributed by atoms with Crippen molar-refractivity contribution < 1.29 is 9.59 Å². The lowest BCUT2D eigenvalue weighted by Gasteiger charge is -2.07. The maximum Gasteiger partial charge on any atom is 0.240 e. The largest absolute Gasteiger partial charge is 0.325 e. The van der Waals surface area contributed by atoms with Gasteiger partial charge in [-0.1, -0.05) is 41.4 Å². The van der Waals surface area contributed by atoms with Gasteiger partial charge in [-0.25, -0.2) is 5.43 Å². The van der Waals surface area contributed by atoms with Crippen LogP contribution in [0, 0.1) is 3.57 Å². The standard InChI is InChI=1S/C17H14Cl2IN3O2/c18-12-5-6-13(19)15(9-12)22-16(24)7-8-17(25)23-21-10-11-3-1-2-4-14(11)20/h1-6,9-10H,7-8H2,(H,22,24)(H,23,25)/b21-10-. The summed E-state index contributed by atoms with van der Waals surface area (Å²) in [6, 6.07) is 12.4. The Morgan fingerprint density at radius 3 is 2.56 bits per heavy atom. The normalized spacial score (nSPS) is 10.7. The van der Waals surface area contributed by atoms with Crippen LogP contribution in [-0.4, -0.2) is 18.0 Å². The summed E-state index contributed by atoms with van der Waals surface area (Å²) < 4.78 is 1.02. The zero-order valence-electron chi connectivity index (χ0n) is 12.9. The molecule has 0 saturated heterocycles. The molecule has 0 heterocycles. The smallest absolute Gasteiger partial charge is 0.240 e. The van der Waals surface area contributed by atoms with Crippen LogP contribution < -0.4 is 10.7 Å². The SMILES string of the molecule is O=C(CCC(=O)Nc1cc(Cl)ccc1Cl)N/N=C\c1ccccc1I. The molecule has 2 aromatic carbocycles. The van der Waals surface area contributed by atoms with Gasteiger partial charge in [-0.15, -0.1) is 0 Å². The van der Waals surface area contributed by atoms with Crippen LogP contribution in [-0.2, 0) is 9.59 Å². The number of nitrogens with one attached hydrogen (secondary N) is 2. The molecule has 2 amide bonds. The van der Waals surface area contributed by atoms with Gasteiger partial charge in [0.15, 0.2) is 0 Å². The van der Waals surface area contributed by atoms with E-state index in [-0.39, 0.29) is 24.7 Å². The zero-order chi connectivity index (χ0) is 18.2. The molecule has 8 heteroatoms. The predicted molar refractivity (Wildman–Crippen MR) is 109 cm³/mol. The van der Waals surface area contributed by atoms with Crippen LogP contribution >= 0.6 is 45.8 Å². The Bertz CT molecular complexity index is 812. The van der Waals surface area contributed by atoms with Crippen LogP contribution in [0.25, 0.3) is 0 Å². The van der Waals surface area contributed by atoms with Crippen molar-refractivity contribution in [1.29, 1.82) is 0 Å². The first kappa shape index (κ1) is 19.7. The highest BCUT2D eigenvalue weighted by Gasteiger charge is 2.09. The van der Waals surface area contributed by atoms with Crippen LogP contribution in [0.1, 0.15) is 18.4 Å². The summed E-state index contributed by atoms with van der Waals surface area (Å²) in [6.45, 7) is 0. The Balaban J connectivity index is 1.78. The Labute approximate surface area is 168 Å². The summed E-state index contributed by atoms with van der Waals surface area (Å²) >= 11 is 14.0. The average molecular weight is 490 g/mol. The van der Waals surface area contributed by atoms with Gasteiger partial charge in [0.1, 0.15) is 0 Å². The highest BCUT2D eigenvalue weighted by molar-refractivity contribution is 14.1. The number of rotatable bonds is 6. The van der Waals surface area contributed by atoms with Crippen molar-refractivity contribution in [3.8, 4) is 0 Å². The third kappa shape index (κ3) is 6.64. The fourth-order valence-corrected chi connectivity index (χ4v) is 2.71. The van der Waals surface area contributed by atoms with Crippen LogP contribution in [0.4, 0.5) is 5.69 Å². The second kappa shape index (κ2) is 9.74. The number of hydrogen-bond acceptors (Lipinski definition) is 3. The van der Waals surface area contributed by atoms with Gasteiger partial charge in [-0.3, -0.25) is 9.59 Å². The van der Waals surface area contributed by atoms with E-state index in [9.17, 15) is 9.59 Å². The first-order valence-electron chi connectivity index (χ1n) is 7.27. The molecule has 0 atom stereocenters. The number of hydrazone groups is 1. The number of carbonyl (C=O) groups is 2. The molecule has 130 valence electrons. The quantitative estimate of drug-likeness (QED) is 0.357. The molecule has 0 aliphatic rings. The molecular formula is C17H14Cl2IN3O2. The minimum Gasteiger partial charge on any atom is -0.325 e. The second-order valence-corrected chi connectivity index (χ2v) is 6.99. The first-order chi connectivity index (χ1) is 12.0. The maximum absolute atomic E-state index is 11.9.